The van der Waals surface area contributed by atoms with Gasteiger partial charge in [-0.2, -0.15) is 0 Å². The molecular formula is C25H26Cl2N2O4. The summed E-state index contributed by atoms with van der Waals surface area (Å²) in [6, 6.07) is 15.3. The van der Waals surface area contributed by atoms with Crippen molar-refractivity contribution in [1.29, 1.82) is 0 Å². The lowest BCUT2D eigenvalue weighted by atomic mass is 9.71. The molecule has 1 saturated carbocycles. The first-order chi connectivity index (χ1) is 15.8. The van der Waals surface area contributed by atoms with Crippen LogP contribution in [-0.2, 0) is 14.4 Å². The number of carboxylic acids is 1. The number of hydrogen-bond acceptors (Lipinski definition) is 3. The van der Waals surface area contributed by atoms with Gasteiger partial charge in [0.05, 0.1) is 0 Å². The number of amides is 2. The maximum absolute atomic E-state index is 13.1. The van der Waals surface area contributed by atoms with Crippen molar-refractivity contribution in [2.24, 2.45) is 11.8 Å². The minimum absolute atomic E-state index is 0.0417. The number of hydrogen-bond donors (Lipinski definition) is 3. The van der Waals surface area contributed by atoms with Gasteiger partial charge < -0.3 is 15.7 Å². The minimum atomic E-state index is -1.12. The molecule has 2 aromatic carbocycles. The number of rotatable bonds is 8. The Bertz CT molecular complexity index is 1040. The van der Waals surface area contributed by atoms with Crippen molar-refractivity contribution in [3.8, 4) is 0 Å². The zero-order chi connectivity index (χ0) is 23.5. The highest BCUT2D eigenvalue weighted by atomic mass is 35.5. The number of carbonyl (C=O) groups is 3. The lowest BCUT2D eigenvalue weighted by Gasteiger charge is -2.41. The second-order valence-corrected chi connectivity index (χ2v) is 9.79. The van der Waals surface area contributed by atoms with E-state index in [-0.39, 0.29) is 30.2 Å². The first kappa shape index (κ1) is 23.6. The van der Waals surface area contributed by atoms with E-state index in [2.05, 4.69) is 10.6 Å². The van der Waals surface area contributed by atoms with Crippen LogP contribution >= 0.6 is 23.2 Å². The molecule has 1 aliphatic carbocycles. The summed E-state index contributed by atoms with van der Waals surface area (Å²) >= 11 is 12.4. The van der Waals surface area contributed by atoms with E-state index in [4.69, 9.17) is 28.3 Å². The molecule has 174 valence electrons. The normalized spacial score (nSPS) is 23.5. The molecule has 0 radical (unpaired) electrons. The highest BCUT2D eigenvalue weighted by molar-refractivity contribution is 6.30. The maximum Gasteiger partial charge on any atom is 0.322 e. The summed E-state index contributed by atoms with van der Waals surface area (Å²) in [7, 11) is 0. The van der Waals surface area contributed by atoms with Crippen LogP contribution in [0.1, 0.15) is 48.6 Å². The van der Waals surface area contributed by atoms with Crippen LogP contribution in [0.25, 0.3) is 0 Å². The van der Waals surface area contributed by atoms with Gasteiger partial charge in [-0.05, 0) is 60.6 Å². The number of nitrogens with one attached hydrogen (secondary N) is 2. The number of carboxylic acid groups (broad SMARTS) is 1. The highest BCUT2D eigenvalue weighted by Gasteiger charge is 2.46. The number of aliphatic carboxylic acids is 1. The third-order valence-electron chi connectivity index (χ3n) is 6.57. The zero-order valence-electron chi connectivity index (χ0n) is 18.0. The molecule has 0 aromatic heterocycles. The molecule has 2 aromatic rings. The number of halogens is 2. The molecule has 1 unspecified atom stereocenters. The standard InChI is InChI=1S/C25H26Cl2N2O4/c26-18-8-6-15(7-9-18)23(14-4-5-14)24-20(16-2-1-3-19(27)10-16)11-17(25(33)29-24)12-21(30)28-13-22(31)32/h1-3,6-10,14,17,20,23-24H,4-5,11-13H2,(H,28,30)(H,29,33)(H,31,32)/t17-,20-,23?,24+/m1/s1. The maximum atomic E-state index is 13.1. The van der Waals surface area contributed by atoms with E-state index < -0.39 is 24.3 Å². The fourth-order valence-corrected chi connectivity index (χ4v) is 5.25. The summed E-state index contributed by atoms with van der Waals surface area (Å²) in [4.78, 5) is 36.1. The summed E-state index contributed by atoms with van der Waals surface area (Å²) in [6.07, 6.45) is 2.62. The third kappa shape index (κ3) is 5.87. The van der Waals surface area contributed by atoms with E-state index in [0.29, 0.717) is 22.4 Å². The molecule has 33 heavy (non-hydrogen) atoms. The Hall–Kier alpha value is -2.57. The molecule has 4 rings (SSSR count). The van der Waals surface area contributed by atoms with Crippen molar-refractivity contribution in [2.75, 3.05) is 6.54 Å². The average Bonchev–Trinajstić information content (AvgIpc) is 3.60. The molecule has 1 aliphatic heterocycles. The molecule has 2 aliphatic rings. The van der Waals surface area contributed by atoms with Crippen LogP contribution in [-0.4, -0.2) is 35.5 Å². The van der Waals surface area contributed by atoms with Crippen molar-refractivity contribution < 1.29 is 19.5 Å². The Morgan fingerprint density at radius 1 is 1.09 bits per heavy atom. The fourth-order valence-electron chi connectivity index (χ4n) is 4.92. The van der Waals surface area contributed by atoms with E-state index in [0.717, 1.165) is 24.0 Å². The van der Waals surface area contributed by atoms with Crippen LogP contribution < -0.4 is 10.6 Å². The second-order valence-electron chi connectivity index (χ2n) is 8.92. The molecule has 4 atom stereocenters. The highest BCUT2D eigenvalue weighted by Crippen LogP contribution is 2.50. The summed E-state index contributed by atoms with van der Waals surface area (Å²) in [5.41, 5.74) is 2.15. The van der Waals surface area contributed by atoms with Gasteiger partial charge in [-0.3, -0.25) is 14.4 Å². The molecule has 6 nitrogen and oxygen atoms in total. The van der Waals surface area contributed by atoms with Gasteiger partial charge in [0.2, 0.25) is 11.8 Å². The van der Waals surface area contributed by atoms with Gasteiger partial charge in [0.15, 0.2) is 0 Å². The average molecular weight is 489 g/mol. The second kappa shape index (κ2) is 10.1. The van der Waals surface area contributed by atoms with Gasteiger partial charge in [0.25, 0.3) is 0 Å². The largest absolute Gasteiger partial charge is 0.480 e. The third-order valence-corrected chi connectivity index (χ3v) is 7.06. The van der Waals surface area contributed by atoms with Gasteiger partial charge in [-0.1, -0.05) is 47.5 Å². The van der Waals surface area contributed by atoms with Gasteiger partial charge in [0.1, 0.15) is 6.54 Å². The smallest absolute Gasteiger partial charge is 0.322 e. The Morgan fingerprint density at radius 2 is 1.82 bits per heavy atom. The van der Waals surface area contributed by atoms with Gasteiger partial charge in [0, 0.05) is 40.3 Å². The summed E-state index contributed by atoms with van der Waals surface area (Å²) < 4.78 is 0. The van der Waals surface area contributed by atoms with E-state index in [1.807, 2.05) is 48.5 Å². The topological polar surface area (TPSA) is 95.5 Å². The van der Waals surface area contributed by atoms with Gasteiger partial charge >= 0.3 is 5.97 Å². The van der Waals surface area contributed by atoms with Crippen molar-refractivity contribution in [3.63, 3.8) is 0 Å². The first-order valence-corrected chi connectivity index (χ1v) is 11.9. The van der Waals surface area contributed by atoms with E-state index in [1.165, 1.54) is 0 Å². The SMILES string of the molecule is O=C(O)CNC(=O)C[C@H]1C[C@H](c2cccc(Cl)c2)[C@@H](C(c2ccc(Cl)cc2)C2CC2)NC1=O. The summed E-state index contributed by atoms with van der Waals surface area (Å²) in [6.45, 7) is -0.464. The predicted octanol–water partition coefficient (Wildman–Crippen LogP) is 4.37. The fraction of sp³-hybridized carbons (Fsp3) is 0.400. The number of carbonyl (C=O) groups excluding carboxylic acids is 2. The lowest BCUT2D eigenvalue weighted by molar-refractivity contribution is -0.138. The van der Waals surface area contributed by atoms with E-state index in [9.17, 15) is 14.4 Å². The summed E-state index contributed by atoms with van der Waals surface area (Å²) in [5, 5.41) is 15.7. The van der Waals surface area contributed by atoms with Crippen LogP contribution in [0.4, 0.5) is 0 Å². The quantitative estimate of drug-likeness (QED) is 0.514. The molecule has 2 fully saturated rings. The molecule has 2 amide bonds. The Labute approximate surface area is 202 Å². The lowest BCUT2D eigenvalue weighted by Crippen LogP contribution is -2.52. The van der Waals surface area contributed by atoms with Gasteiger partial charge in [-0.15, -0.1) is 0 Å². The van der Waals surface area contributed by atoms with Crippen molar-refractivity contribution in [2.45, 2.75) is 43.6 Å². The molecular weight excluding hydrogens is 463 g/mol. The van der Waals surface area contributed by atoms with Crippen molar-refractivity contribution in [3.05, 3.63) is 69.7 Å². The Balaban J connectivity index is 1.63. The molecule has 0 bridgehead atoms. The van der Waals surface area contributed by atoms with Crippen LogP contribution in [0, 0.1) is 11.8 Å². The van der Waals surface area contributed by atoms with Crippen LogP contribution in [0.2, 0.25) is 10.0 Å². The molecule has 1 heterocycles. The number of benzene rings is 2. The molecule has 1 saturated heterocycles. The first-order valence-electron chi connectivity index (χ1n) is 11.1. The van der Waals surface area contributed by atoms with E-state index in [1.54, 1.807) is 0 Å². The van der Waals surface area contributed by atoms with E-state index >= 15 is 0 Å². The predicted molar refractivity (Wildman–Crippen MR) is 126 cm³/mol. The number of piperidine rings is 1. The molecule has 8 heteroatoms. The van der Waals surface area contributed by atoms with Crippen LogP contribution in [0.3, 0.4) is 0 Å². The van der Waals surface area contributed by atoms with Crippen LogP contribution in [0.15, 0.2) is 48.5 Å². The van der Waals surface area contributed by atoms with Crippen molar-refractivity contribution in [1.82, 2.24) is 10.6 Å². The molecule has 3 N–H and O–H groups in total. The Kier molecular flexibility index (Phi) is 7.25. The molecule has 0 spiro atoms. The Morgan fingerprint density at radius 3 is 2.45 bits per heavy atom. The van der Waals surface area contributed by atoms with Crippen molar-refractivity contribution >= 4 is 41.0 Å². The monoisotopic (exact) mass is 488 g/mol. The summed E-state index contributed by atoms with van der Waals surface area (Å²) in [5.74, 6) is -1.75. The zero-order valence-corrected chi connectivity index (χ0v) is 19.5. The minimum Gasteiger partial charge on any atom is -0.480 e. The van der Waals surface area contributed by atoms with Gasteiger partial charge in [-0.25, -0.2) is 0 Å². The van der Waals surface area contributed by atoms with Crippen LogP contribution in [0.5, 0.6) is 0 Å².